The molecular weight excluding hydrogens is 169 g/mol. The molecule has 0 aliphatic rings. The van der Waals surface area contributed by atoms with Crippen molar-refractivity contribution in [1.29, 1.82) is 0 Å². The minimum atomic E-state index is -0.920. The van der Waals surface area contributed by atoms with Crippen molar-refractivity contribution in [2.75, 3.05) is 0 Å². The van der Waals surface area contributed by atoms with E-state index in [2.05, 4.69) is 4.98 Å². The van der Waals surface area contributed by atoms with Gasteiger partial charge < -0.3 is 5.11 Å². The summed E-state index contributed by atoms with van der Waals surface area (Å²) >= 11 is 5.51. The average Bonchev–Trinajstić information content (AvgIpc) is 1.85. The topological polar surface area (TPSA) is 33.1 Å². The maximum absolute atomic E-state index is 12.8. The van der Waals surface area contributed by atoms with Gasteiger partial charge in [0.1, 0.15) is 11.0 Å². The normalized spacial score (nSPS) is 13.1. The van der Waals surface area contributed by atoms with E-state index >= 15 is 0 Å². The summed E-state index contributed by atoms with van der Waals surface area (Å²) < 4.78 is 12.8. The molecule has 4 heteroatoms. The fourth-order valence-electron chi connectivity index (χ4n) is 0.798. The molecular formula is C7H7ClFNO. The Morgan fingerprint density at radius 1 is 1.73 bits per heavy atom. The third kappa shape index (κ3) is 1.67. The van der Waals surface area contributed by atoms with Gasteiger partial charge in [0.25, 0.3) is 0 Å². The van der Waals surface area contributed by atoms with Crippen LogP contribution in [0.2, 0.25) is 5.15 Å². The first-order chi connectivity index (χ1) is 5.13. The fraction of sp³-hybridized carbons (Fsp3) is 0.286. The highest BCUT2D eigenvalue weighted by Gasteiger charge is 2.12. The third-order valence-electron chi connectivity index (χ3n) is 1.31. The van der Waals surface area contributed by atoms with Crippen molar-refractivity contribution >= 4 is 11.6 Å². The number of aromatic nitrogens is 1. The predicted octanol–water partition coefficient (Wildman–Crippen LogP) is 1.93. The Kier molecular flexibility index (Phi) is 2.42. The van der Waals surface area contributed by atoms with E-state index in [0.29, 0.717) is 0 Å². The Balaban J connectivity index is 3.21. The molecule has 1 aromatic heterocycles. The third-order valence-corrected chi connectivity index (χ3v) is 1.61. The number of pyridine rings is 1. The molecule has 0 radical (unpaired) electrons. The molecule has 0 saturated heterocycles. The number of hydrogen-bond donors (Lipinski definition) is 1. The van der Waals surface area contributed by atoms with Gasteiger partial charge in [-0.3, -0.25) is 0 Å². The number of aliphatic hydroxyl groups is 1. The van der Waals surface area contributed by atoms with Crippen LogP contribution in [0.4, 0.5) is 4.39 Å². The predicted molar refractivity (Wildman–Crippen MR) is 39.8 cm³/mol. The lowest BCUT2D eigenvalue weighted by Crippen LogP contribution is -1.98. The van der Waals surface area contributed by atoms with Gasteiger partial charge in [-0.15, -0.1) is 0 Å². The molecule has 0 aliphatic carbocycles. The van der Waals surface area contributed by atoms with E-state index in [4.69, 9.17) is 16.7 Å². The lowest BCUT2D eigenvalue weighted by molar-refractivity contribution is 0.194. The van der Waals surface area contributed by atoms with Gasteiger partial charge in [-0.05, 0) is 13.0 Å². The molecule has 11 heavy (non-hydrogen) atoms. The molecule has 1 rings (SSSR count). The van der Waals surface area contributed by atoms with Gasteiger partial charge >= 0.3 is 0 Å². The van der Waals surface area contributed by atoms with Gasteiger partial charge in [0.05, 0.1) is 11.7 Å². The van der Waals surface area contributed by atoms with E-state index < -0.39 is 11.9 Å². The summed E-state index contributed by atoms with van der Waals surface area (Å²) in [5, 5.41) is 9.03. The zero-order chi connectivity index (χ0) is 8.43. The monoisotopic (exact) mass is 175 g/mol. The molecule has 0 bridgehead atoms. The van der Waals surface area contributed by atoms with E-state index in [1.807, 2.05) is 0 Å². The van der Waals surface area contributed by atoms with Gasteiger partial charge in [-0.25, -0.2) is 9.37 Å². The lowest BCUT2D eigenvalue weighted by Gasteiger charge is -2.06. The minimum Gasteiger partial charge on any atom is -0.388 e. The van der Waals surface area contributed by atoms with Crippen LogP contribution in [0.25, 0.3) is 0 Å². The molecule has 1 unspecified atom stereocenters. The number of halogens is 2. The Hall–Kier alpha value is -0.670. The lowest BCUT2D eigenvalue weighted by atomic mass is 10.2. The molecule has 2 nitrogen and oxygen atoms in total. The van der Waals surface area contributed by atoms with Crippen LogP contribution in [0.5, 0.6) is 0 Å². The van der Waals surface area contributed by atoms with Crippen LogP contribution in [0.15, 0.2) is 12.3 Å². The molecule has 1 N–H and O–H groups in total. The second kappa shape index (κ2) is 3.15. The average molecular weight is 176 g/mol. The van der Waals surface area contributed by atoms with Crippen LogP contribution in [-0.2, 0) is 0 Å². The zero-order valence-electron chi connectivity index (χ0n) is 5.88. The highest BCUT2D eigenvalue weighted by Crippen LogP contribution is 2.22. The molecule has 0 fully saturated rings. The van der Waals surface area contributed by atoms with Crippen LogP contribution in [0.1, 0.15) is 18.6 Å². The van der Waals surface area contributed by atoms with Crippen molar-refractivity contribution in [3.05, 3.63) is 28.8 Å². The molecule has 0 saturated carbocycles. The second-order valence-electron chi connectivity index (χ2n) is 2.17. The van der Waals surface area contributed by atoms with Gasteiger partial charge in [-0.1, -0.05) is 11.6 Å². The van der Waals surface area contributed by atoms with E-state index in [0.717, 1.165) is 6.07 Å². The maximum Gasteiger partial charge on any atom is 0.137 e. The summed E-state index contributed by atoms with van der Waals surface area (Å²) in [6.07, 6.45) is 0.333. The van der Waals surface area contributed by atoms with E-state index in [-0.39, 0.29) is 10.7 Å². The summed E-state index contributed by atoms with van der Waals surface area (Å²) in [5.41, 5.74) is 0.0502. The first-order valence-electron chi connectivity index (χ1n) is 3.11. The summed E-state index contributed by atoms with van der Waals surface area (Å²) in [4.78, 5) is 3.63. The van der Waals surface area contributed by atoms with Crippen molar-refractivity contribution in [1.82, 2.24) is 4.98 Å². The highest BCUT2D eigenvalue weighted by molar-refractivity contribution is 6.30. The fourth-order valence-corrected chi connectivity index (χ4v) is 1.10. The van der Waals surface area contributed by atoms with Crippen molar-refractivity contribution in [3.8, 4) is 0 Å². The smallest absolute Gasteiger partial charge is 0.137 e. The molecule has 0 amide bonds. The Morgan fingerprint density at radius 2 is 2.36 bits per heavy atom. The van der Waals surface area contributed by atoms with Crippen molar-refractivity contribution in [2.24, 2.45) is 0 Å². The van der Waals surface area contributed by atoms with Crippen LogP contribution < -0.4 is 0 Å². The number of aliphatic hydroxyl groups excluding tert-OH is 1. The molecule has 1 heterocycles. The van der Waals surface area contributed by atoms with Crippen LogP contribution >= 0.6 is 11.6 Å². The minimum absolute atomic E-state index is 0.0139. The second-order valence-corrected chi connectivity index (χ2v) is 2.53. The van der Waals surface area contributed by atoms with E-state index in [9.17, 15) is 4.39 Å². The van der Waals surface area contributed by atoms with Crippen molar-refractivity contribution < 1.29 is 9.50 Å². The largest absolute Gasteiger partial charge is 0.388 e. The van der Waals surface area contributed by atoms with Gasteiger partial charge in [0, 0.05) is 6.20 Å². The van der Waals surface area contributed by atoms with Crippen LogP contribution in [0.3, 0.4) is 0 Å². The van der Waals surface area contributed by atoms with E-state index in [1.54, 1.807) is 0 Å². The Bertz CT molecular complexity index is 244. The number of nitrogens with zero attached hydrogens (tertiary/aromatic N) is 1. The summed E-state index contributed by atoms with van der Waals surface area (Å²) in [6.45, 7) is 1.44. The number of rotatable bonds is 1. The van der Waals surface area contributed by atoms with Gasteiger partial charge in [0.15, 0.2) is 0 Å². The molecule has 1 atom stereocenters. The van der Waals surface area contributed by atoms with Crippen molar-refractivity contribution in [2.45, 2.75) is 13.0 Å². The van der Waals surface area contributed by atoms with E-state index in [1.165, 1.54) is 13.1 Å². The summed E-state index contributed by atoms with van der Waals surface area (Å²) in [7, 11) is 0. The first-order valence-corrected chi connectivity index (χ1v) is 3.48. The molecule has 0 spiro atoms. The zero-order valence-corrected chi connectivity index (χ0v) is 6.64. The highest BCUT2D eigenvalue weighted by atomic mass is 35.5. The maximum atomic E-state index is 12.8. The molecule has 1 aromatic rings. The number of hydrogen-bond acceptors (Lipinski definition) is 2. The SMILES string of the molecule is CC(O)c1c(F)ccnc1Cl. The first kappa shape index (κ1) is 8.43. The van der Waals surface area contributed by atoms with Crippen molar-refractivity contribution in [3.63, 3.8) is 0 Å². The summed E-state index contributed by atoms with van der Waals surface area (Å²) in [5.74, 6) is -0.528. The van der Waals surface area contributed by atoms with Crippen LogP contribution in [-0.4, -0.2) is 10.1 Å². The van der Waals surface area contributed by atoms with Crippen LogP contribution in [0, 0.1) is 5.82 Å². The quantitative estimate of drug-likeness (QED) is 0.662. The summed E-state index contributed by atoms with van der Waals surface area (Å²) in [6, 6.07) is 1.16. The van der Waals surface area contributed by atoms with Gasteiger partial charge in [-0.2, -0.15) is 0 Å². The Labute approximate surface area is 68.6 Å². The molecule has 60 valence electrons. The Morgan fingerprint density at radius 3 is 2.73 bits per heavy atom. The molecule has 0 aromatic carbocycles. The standard InChI is InChI=1S/C7H7ClFNO/c1-4(11)6-5(9)2-3-10-7(6)8/h2-4,11H,1H3. The van der Waals surface area contributed by atoms with Gasteiger partial charge in [0.2, 0.25) is 0 Å². The molecule has 0 aliphatic heterocycles.